The van der Waals surface area contributed by atoms with Gasteiger partial charge in [0.15, 0.2) is 13.6 Å². The third-order valence-corrected chi connectivity index (χ3v) is 13.2. The molecule has 346 valence electrons. The van der Waals surface area contributed by atoms with E-state index in [1.165, 1.54) is 38.5 Å². The Morgan fingerprint density at radius 3 is 0.971 bits per heavy atom. The molecular formula is C60H58O8. The highest BCUT2D eigenvalue weighted by atomic mass is 16.7. The lowest BCUT2D eigenvalue weighted by Gasteiger charge is -2.21. The predicted molar refractivity (Wildman–Crippen MR) is 270 cm³/mol. The van der Waals surface area contributed by atoms with Crippen molar-refractivity contribution in [3.8, 4) is 67.9 Å². The van der Waals surface area contributed by atoms with Crippen molar-refractivity contribution in [1.29, 1.82) is 0 Å². The van der Waals surface area contributed by atoms with E-state index in [9.17, 15) is 0 Å². The molecule has 2 aliphatic carbocycles. The number of ether oxygens (including phenoxy) is 8. The Balaban J connectivity index is 0.790. The first-order valence-electron chi connectivity index (χ1n) is 24.2. The summed E-state index contributed by atoms with van der Waals surface area (Å²) in [5.74, 6) is 4.36. The van der Waals surface area contributed by atoms with E-state index in [0.717, 1.165) is 92.1 Å². The van der Waals surface area contributed by atoms with Crippen molar-refractivity contribution in [2.75, 3.05) is 27.2 Å². The van der Waals surface area contributed by atoms with Gasteiger partial charge in [-0.05, 0) is 130 Å². The van der Waals surface area contributed by atoms with Gasteiger partial charge in [0.2, 0.25) is 13.6 Å². The van der Waals surface area contributed by atoms with Gasteiger partial charge in [0.1, 0.15) is 34.5 Å². The molecule has 0 heterocycles. The van der Waals surface area contributed by atoms with Crippen LogP contribution in [0.1, 0.15) is 64.2 Å². The Morgan fingerprint density at radius 1 is 0.294 bits per heavy atom. The maximum absolute atomic E-state index is 6.53. The summed E-state index contributed by atoms with van der Waals surface area (Å²) in [5.41, 5.74) is 6.16. The van der Waals surface area contributed by atoms with Crippen LogP contribution in [-0.4, -0.2) is 39.4 Å². The van der Waals surface area contributed by atoms with Crippen molar-refractivity contribution < 1.29 is 37.9 Å². The molecule has 0 aromatic heterocycles. The first kappa shape index (κ1) is 44.8. The van der Waals surface area contributed by atoms with Crippen LogP contribution in [0, 0.1) is 0 Å². The molecule has 10 rings (SSSR count). The number of benzene rings is 8. The fourth-order valence-electron chi connectivity index (χ4n) is 9.42. The summed E-state index contributed by atoms with van der Waals surface area (Å²) < 4.78 is 49.1. The third-order valence-electron chi connectivity index (χ3n) is 13.2. The normalized spacial score (nSPS) is 14.4. The molecule has 0 amide bonds. The van der Waals surface area contributed by atoms with Crippen molar-refractivity contribution in [3.05, 3.63) is 170 Å². The van der Waals surface area contributed by atoms with Gasteiger partial charge in [-0.2, -0.15) is 0 Å². The minimum absolute atomic E-state index is 0.00692. The van der Waals surface area contributed by atoms with E-state index in [2.05, 4.69) is 97.1 Å². The maximum Gasteiger partial charge on any atom is 0.230 e. The fraction of sp³-hybridized carbons (Fsp3) is 0.267. The van der Waals surface area contributed by atoms with Gasteiger partial charge in [-0.3, -0.25) is 0 Å². The minimum atomic E-state index is 0.00692. The summed E-state index contributed by atoms with van der Waals surface area (Å²) in [6.07, 6.45) is 12.7. The van der Waals surface area contributed by atoms with Crippen molar-refractivity contribution in [2.45, 2.75) is 76.4 Å². The number of hydrogen-bond acceptors (Lipinski definition) is 8. The summed E-state index contributed by atoms with van der Waals surface area (Å²) in [6, 6.07) is 57.2. The summed E-state index contributed by atoms with van der Waals surface area (Å²) in [5, 5.41) is 4.24. The van der Waals surface area contributed by atoms with Crippen LogP contribution in [0.4, 0.5) is 0 Å². The molecule has 0 bridgehead atoms. The molecule has 0 aliphatic heterocycles. The average Bonchev–Trinajstić information content (AvgIpc) is 3.40. The molecular weight excluding hydrogens is 849 g/mol. The zero-order chi connectivity index (χ0) is 45.7. The van der Waals surface area contributed by atoms with Gasteiger partial charge in [0.25, 0.3) is 0 Å². The summed E-state index contributed by atoms with van der Waals surface area (Å²) in [4.78, 5) is 0. The number of hydrogen-bond donors (Lipinski definition) is 0. The summed E-state index contributed by atoms with van der Waals surface area (Å²) in [6.45, 7) is 0.582. The van der Waals surface area contributed by atoms with E-state index in [0.29, 0.717) is 35.2 Å². The first-order valence-corrected chi connectivity index (χ1v) is 24.2. The monoisotopic (exact) mass is 906 g/mol. The molecule has 0 saturated heterocycles. The molecule has 0 N–H and O–H groups in total. The lowest BCUT2D eigenvalue weighted by molar-refractivity contribution is -0.0499. The highest BCUT2D eigenvalue weighted by Gasteiger charge is 2.20. The molecule has 2 aliphatic rings. The van der Waals surface area contributed by atoms with Crippen molar-refractivity contribution in [1.82, 2.24) is 0 Å². The SMILES string of the molecule is c1ccc2c(-c3c(OCOc4ccc(-c5ccc(OCOC6CCCCC6)cc5)cc4)ccc4ccccc34)c(OCOc3ccc(-c4ccc(OCOC5CCCCC5)cc4)cc3)ccc2c1. The van der Waals surface area contributed by atoms with E-state index in [-0.39, 0.29) is 27.2 Å². The Kier molecular flexibility index (Phi) is 14.6. The first-order chi connectivity index (χ1) is 33.7. The predicted octanol–water partition coefficient (Wildman–Crippen LogP) is 15.2. The molecule has 0 spiro atoms. The Hall–Kier alpha value is -7.00. The van der Waals surface area contributed by atoms with Crippen molar-refractivity contribution in [2.24, 2.45) is 0 Å². The van der Waals surface area contributed by atoms with Crippen LogP contribution < -0.4 is 28.4 Å². The van der Waals surface area contributed by atoms with Crippen molar-refractivity contribution >= 4 is 21.5 Å². The fourth-order valence-corrected chi connectivity index (χ4v) is 9.42. The zero-order valence-electron chi connectivity index (χ0n) is 38.5. The Labute approximate surface area is 399 Å². The standard InChI is InChI=1S/C60H58O8/c1-3-13-49(14-4-1)61-39-63-51-29-19-43(20-30-51)45-23-33-53(34-24-45)65-41-67-57-37-27-47-11-7-9-17-55(47)59(57)60-56-18-10-8-12-48(56)28-38-58(60)68-42-66-54-35-25-46(26-36-54)44-21-31-52(32-22-44)64-40-62-50-15-5-2-6-16-50/h7-12,17-38,49-50H,1-6,13-16,39-42H2. The highest BCUT2D eigenvalue weighted by molar-refractivity contribution is 6.09. The van der Waals surface area contributed by atoms with Gasteiger partial charge in [-0.15, -0.1) is 0 Å². The van der Waals surface area contributed by atoms with E-state index in [1.54, 1.807) is 0 Å². The van der Waals surface area contributed by atoms with E-state index in [4.69, 9.17) is 37.9 Å². The van der Waals surface area contributed by atoms with Gasteiger partial charge in [-0.25, -0.2) is 0 Å². The third kappa shape index (κ3) is 11.2. The summed E-state index contributed by atoms with van der Waals surface area (Å²) >= 11 is 0. The lowest BCUT2D eigenvalue weighted by atomic mass is 9.92. The van der Waals surface area contributed by atoms with Crippen LogP contribution in [0.3, 0.4) is 0 Å². The number of rotatable bonds is 19. The second-order valence-corrected chi connectivity index (χ2v) is 17.6. The molecule has 2 fully saturated rings. The zero-order valence-corrected chi connectivity index (χ0v) is 38.5. The van der Waals surface area contributed by atoms with Gasteiger partial charge >= 0.3 is 0 Å². The topological polar surface area (TPSA) is 73.8 Å². The molecule has 8 nitrogen and oxygen atoms in total. The Bertz CT molecular complexity index is 2650. The maximum atomic E-state index is 6.53. The van der Waals surface area contributed by atoms with Crippen LogP contribution >= 0.6 is 0 Å². The van der Waals surface area contributed by atoms with Crippen LogP contribution in [0.25, 0.3) is 54.9 Å². The lowest BCUT2D eigenvalue weighted by Crippen LogP contribution is -2.19. The van der Waals surface area contributed by atoms with Gasteiger partial charge in [-0.1, -0.05) is 148 Å². The molecule has 0 unspecified atom stereocenters. The van der Waals surface area contributed by atoms with Gasteiger partial charge < -0.3 is 37.9 Å². The van der Waals surface area contributed by atoms with Crippen molar-refractivity contribution in [3.63, 3.8) is 0 Å². The average molecular weight is 907 g/mol. The molecule has 8 aromatic rings. The smallest absolute Gasteiger partial charge is 0.230 e. The molecule has 0 radical (unpaired) electrons. The van der Waals surface area contributed by atoms with Crippen LogP contribution in [0.15, 0.2) is 170 Å². The van der Waals surface area contributed by atoms with E-state index >= 15 is 0 Å². The molecule has 8 aromatic carbocycles. The Morgan fingerprint density at radius 2 is 0.618 bits per heavy atom. The van der Waals surface area contributed by atoms with Crippen LogP contribution in [0.5, 0.6) is 34.5 Å². The summed E-state index contributed by atoms with van der Waals surface area (Å²) in [7, 11) is 0. The van der Waals surface area contributed by atoms with Gasteiger partial charge in [0.05, 0.1) is 12.2 Å². The van der Waals surface area contributed by atoms with E-state index < -0.39 is 0 Å². The molecule has 0 atom stereocenters. The second-order valence-electron chi connectivity index (χ2n) is 17.6. The van der Waals surface area contributed by atoms with E-state index in [1.807, 2.05) is 72.8 Å². The highest BCUT2D eigenvalue weighted by Crippen LogP contribution is 2.46. The molecule has 2 saturated carbocycles. The number of fused-ring (bicyclic) bond motifs is 2. The molecule has 68 heavy (non-hydrogen) atoms. The largest absolute Gasteiger partial charge is 0.468 e. The minimum Gasteiger partial charge on any atom is -0.468 e. The van der Waals surface area contributed by atoms with Crippen LogP contribution in [-0.2, 0) is 9.47 Å². The van der Waals surface area contributed by atoms with Crippen LogP contribution in [0.2, 0.25) is 0 Å². The molecule has 8 heteroatoms. The second kappa shape index (κ2) is 22.2. The quantitative estimate of drug-likeness (QED) is 0.0743. The van der Waals surface area contributed by atoms with Gasteiger partial charge in [0, 0.05) is 11.1 Å².